The Morgan fingerprint density at radius 3 is 1.05 bits per heavy atom. The molecule has 14 nitrogen and oxygen atoms in total. The third-order valence-electron chi connectivity index (χ3n) is 14.0. The van der Waals surface area contributed by atoms with Crippen molar-refractivity contribution in [2.45, 2.75) is 28.4 Å². The molecule has 0 atom stereocenters. The second-order valence-corrected chi connectivity index (χ2v) is 24.8. The Bertz CT molecular complexity index is 4620. The monoisotopic (exact) mass is 1450 g/mol. The Morgan fingerprint density at radius 1 is 0.330 bits per heavy atom. The molecule has 0 unspecified atom stereocenters. The number of aromatic nitrogens is 12. The molecule has 19 heteroatoms. The van der Waals surface area contributed by atoms with Crippen LogP contribution in [-0.2, 0) is 11.5 Å². The summed E-state index contributed by atoms with van der Waals surface area (Å²) in [4.78, 5) is 67.9. The molecule has 494 valence electrons. The van der Waals surface area contributed by atoms with Crippen LogP contribution in [0.25, 0.3) is 67.5 Å². The SMILES string of the molecule is Brc1ccccn1.Cc1ccccc1CSc1ccc(-c2ccccn2)cn1.O=c1ccc(-c2ccccn2)c[nH]1.O=c1ccc(-c2ccccn2)c[nH]1.S=c1ccc(-c2ccccn2)c[nH]1.S=c1ccc(-c2ccccn2)c[nH]1.c1ccc(CSc2ccc(-c3ccccn3)cc2)cc1. The van der Waals surface area contributed by atoms with Crippen LogP contribution in [0.2, 0.25) is 0 Å². The van der Waals surface area contributed by atoms with E-state index in [1.807, 2.05) is 188 Å². The van der Waals surface area contributed by atoms with Gasteiger partial charge >= 0.3 is 0 Å². The first-order valence-electron chi connectivity index (χ1n) is 31.3. The van der Waals surface area contributed by atoms with Crippen molar-refractivity contribution in [2.24, 2.45) is 0 Å². The van der Waals surface area contributed by atoms with E-state index in [2.05, 4.69) is 174 Å². The van der Waals surface area contributed by atoms with Gasteiger partial charge in [0.2, 0.25) is 11.1 Å². The summed E-state index contributed by atoms with van der Waals surface area (Å²) in [5.41, 5.74) is 15.6. The van der Waals surface area contributed by atoms with Gasteiger partial charge in [-0.05, 0) is 185 Å². The van der Waals surface area contributed by atoms with Crippen molar-refractivity contribution >= 4 is 63.9 Å². The van der Waals surface area contributed by atoms with Crippen molar-refractivity contribution in [3.05, 3.63) is 393 Å². The maximum Gasteiger partial charge on any atom is 0.247 e. The zero-order chi connectivity index (χ0) is 69.6. The average Bonchev–Trinajstić information content (AvgIpc) is 1.18. The molecule has 12 aromatic heterocycles. The highest BCUT2D eigenvalue weighted by Gasteiger charge is 2.05. The summed E-state index contributed by atoms with van der Waals surface area (Å²) in [6.45, 7) is 2.15. The van der Waals surface area contributed by atoms with Gasteiger partial charge in [0.05, 0.1) is 39.2 Å². The van der Waals surface area contributed by atoms with Crippen LogP contribution in [0.15, 0.2) is 365 Å². The molecule has 0 radical (unpaired) electrons. The number of aromatic amines is 4. The molecule has 0 aliphatic rings. The minimum Gasteiger partial charge on any atom is -0.352 e. The Hall–Kier alpha value is -11.3. The molecule has 0 aliphatic carbocycles. The molecule has 12 heterocycles. The number of aryl methyl sites for hydroxylation is 1. The van der Waals surface area contributed by atoms with Crippen molar-refractivity contribution in [1.82, 2.24) is 59.8 Å². The van der Waals surface area contributed by atoms with Crippen LogP contribution in [0.1, 0.15) is 16.7 Å². The summed E-state index contributed by atoms with van der Waals surface area (Å²) in [7, 11) is 0. The van der Waals surface area contributed by atoms with Crippen LogP contribution < -0.4 is 11.1 Å². The van der Waals surface area contributed by atoms with Crippen molar-refractivity contribution < 1.29 is 0 Å². The molecule has 0 saturated heterocycles. The van der Waals surface area contributed by atoms with Gasteiger partial charge in [-0.1, -0.05) is 134 Å². The van der Waals surface area contributed by atoms with Crippen molar-refractivity contribution in [3.63, 3.8) is 0 Å². The second kappa shape index (κ2) is 41.1. The minimum atomic E-state index is -0.0975. The molecular formula is C81H67BrN12O2S4. The lowest BCUT2D eigenvalue weighted by Gasteiger charge is -2.05. The minimum absolute atomic E-state index is 0.0975. The highest BCUT2D eigenvalue weighted by molar-refractivity contribution is 9.10. The van der Waals surface area contributed by atoms with E-state index in [9.17, 15) is 9.59 Å². The van der Waals surface area contributed by atoms with Crippen LogP contribution in [0.5, 0.6) is 0 Å². The highest BCUT2D eigenvalue weighted by atomic mass is 79.9. The number of pyridine rings is 12. The smallest absolute Gasteiger partial charge is 0.247 e. The fourth-order valence-corrected chi connectivity index (χ4v) is 11.1. The lowest BCUT2D eigenvalue weighted by molar-refractivity contribution is 1.13. The second-order valence-electron chi connectivity index (χ2n) is 21.1. The largest absolute Gasteiger partial charge is 0.352 e. The highest BCUT2D eigenvalue weighted by Crippen LogP contribution is 2.27. The predicted octanol–water partition coefficient (Wildman–Crippen LogP) is 20.1. The number of hydrogen-bond donors (Lipinski definition) is 4. The molecule has 3 aromatic carbocycles. The standard InChI is InChI=1S/C18H16N2S.C18H15NS.2C10H8N2O.2C10H8N2S.C5H4BrN/c1-14-6-2-3-7-16(14)13-21-18-10-9-15(12-20-18)17-8-4-5-11-19-17;1-2-6-15(7-3-1)14-20-17-11-9-16(10-12-17)18-8-4-5-13-19-18;4*13-10-5-4-8(7-12-10)9-3-1-2-6-11-9;6-5-3-1-2-4-7-5/h2-12H,13H2,1H3;1-13H,14H2;4*1-7H,(H,12,13);1-4H. The topological polar surface area (TPSA) is 200 Å². The molecule has 4 N–H and O–H groups in total. The lowest BCUT2D eigenvalue weighted by Crippen LogP contribution is -2.01. The van der Waals surface area contributed by atoms with Gasteiger partial charge in [-0.15, -0.1) is 23.5 Å². The summed E-state index contributed by atoms with van der Waals surface area (Å²) in [5.74, 6) is 1.95. The molecule has 0 spiro atoms. The van der Waals surface area contributed by atoms with Gasteiger partial charge in [-0.2, -0.15) is 0 Å². The number of benzene rings is 3. The lowest BCUT2D eigenvalue weighted by atomic mass is 10.1. The van der Waals surface area contributed by atoms with Crippen LogP contribution in [-0.4, -0.2) is 59.8 Å². The number of H-pyrrole nitrogens is 4. The molecule has 0 amide bonds. The summed E-state index contributed by atoms with van der Waals surface area (Å²) in [6, 6.07) is 86.4. The van der Waals surface area contributed by atoms with Gasteiger partial charge in [0, 0.05) is 136 Å². The first-order valence-corrected chi connectivity index (χ1v) is 34.9. The normalized spacial score (nSPS) is 10.0. The van der Waals surface area contributed by atoms with E-state index in [0.717, 1.165) is 98.0 Å². The number of hydrogen-bond acceptors (Lipinski definition) is 14. The first kappa shape index (κ1) is 72.9. The van der Waals surface area contributed by atoms with Crippen molar-refractivity contribution in [1.29, 1.82) is 0 Å². The van der Waals surface area contributed by atoms with Crippen LogP contribution >= 0.6 is 63.9 Å². The van der Waals surface area contributed by atoms with E-state index in [0.29, 0.717) is 0 Å². The molecule has 0 aliphatic heterocycles. The predicted molar refractivity (Wildman–Crippen MR) is 416 cm³/mol. The Labute approximate surface area is 607 Å². The van der Waals surface area contributed by atoms with E-state index in [1.54, 1.807) is 73.5 Å². The van der Waals surface area contributed by atoms with Gasteiger partial charge in [0.1, 0.15) is 13.9 Å². The average molecular weight is 1450 g/mol. The number of rotatable bonds is 12. The third kappa shape index (κ3) is 25.6. The summed E-state index contributed by atoms with van der Waals surface area (Å²) < 4.78 is 2.36. The van der Waals surface area contributed by atoms with Gasteiger partial charge in [-0.3, -0.25) is 39.5 Å². The van der Waals surface area contributed by atoms with Gasteiger partial charge in [-0.25, -0.2) is 9.97 Å². The number of halogens is 1. The van der Waals surface area contributed by atoms with E-state index < -0.39 is 0 Å². The number of nitrogens with one attached hydrogen (secondary N) is 4. The van der Waals surface area contributed by atoms with Gasteiger partial charge < -0.3 is 19.9 Å². The maximum absolute atomic E-state index is 10.8. The number of thioether (sulfide) groups is 2. The quantitative estimate of drug-likeness (QED) is 0.0511. The van der Waals surface area contributed by atoms with E-state index in [4.69, 9.17) is 24.4 Å². The van der Waals surface area contributed by atoms with Crippen LogP contribution in [0.3, 0.4) is 0 Å². The van der Waals surface area contributed by atoms with Crippen LogP contribution in [0.4, 0.5) is 0 Å². The van der Waals surface area contributed by atoms with Crippen molar-refractivity contribution in [2.75, 3.05) is 0 Å². The maximum atomic E-state index is 10.8. The van der Waals surface area contributed by atoms with E-state index in [1.165, 1.54) is 33.7 Å². The van der Waals surface area contributed by atoms with E-state index >= 15 is 0 Å². The zero-order valence-electron chi connectivity index (χ0n) is 54.2. The van der Waals surface area contributed by atoms with Crippen LogP contribution in [0, 0.1) is 16.2 Å². The zero-order valence-corrected chi connectivity index (χ0v) is 59.0. The summed E-state index contributed by atoms with van der Waals surface area (Å²) >= 11 is 16.7. The fraction of sp³-hybridized carbons (Fsp3) is 0.0370. The summed E-state index contributed by atoms with van der Waals surface area (Å²) in [6.07, 6.45) is 21.3. The molecule has 15 aromatic rings. The number of nitrogens with zero attached hydrogens (tertiary/aromatic N) is 8. The molecule has 15 rings (SSSR count). The Kier molecular flexibility index (Phi) is 29.9. The fourth-order valence-electron chi connectivity index (χ4n) is 8.83. The molecule has 0 saturated carbocycles. The first-order chi connectivity index (χ1) is 49.1. The molecule has 0 fully saturated rings. The van der Waals surface area contributed by atoms with Crippen molar-refractivity contribution in [3.8, 4) is 67.5 Å². The Morgan fingerprint density at radius 2 is 0.700 bits per heavy atom. The molecular weight excluding hydrogens is 1380 g/mol. The summed E-state index contributed by atoms with van der Waals surface area (Å²) in [5, 5.41) is 1.04. The van der Waals surface area contributed by atoms with Gasteiger partial charge in [0.15, 0.2) is 0 Å². The Balaban J connectivity index is 0.000000139. The third-order valence-corrected chi connectivity index (χ3v) is 17.1. The molecule has 0 bridgehead atoms. The van der Waals surface area contributed by atoms with Gasteiger partial charge in [0.25, 0.3) is 0 Å². The molecule has 100 heavy (non-hydrogen) atoms. The van der Waals surface area contributed by atoms with E-state index in [-0.39, 0.29) is 11.1 Å².